The van der Waals surface area contributed by atoms with Crippen molar-refractivity contribution in [3.8, 4) is 0 Å². The highest BCUT2D eigenvalue weighted by atomic mass is 32.2. The first kappa shape index (κ1) is 17.5. The summed E-state index contributed by atoms with van der Waals surface area (Å²) in [7, 11) is 0. The zero-order valence-electron chi connectivity index (χ0n) is 13.8. The van der Waals surface area contributed by atoms with Crippen molar-refractivity contribution in [3.63, 3.8) is 0 Å². The molecular formula is C18H16N2O3S3. The molecule has 0 saturated heterocycles. The second-order valence-electron chi connectivity index (χ2n) is 6.05. The van der Waals surface area contributed by atoms with Gasteiger partial charge in [0.05, 0.1) is 16.0 Å². The molecule has 26 heavy (non-hydrogen) atoms. The summed E-state index contributed by atoms with van der Waals surface area (Å²) < 4.78 is 0. The maximum absolute atomic E-state index is 12.7. The van der Waals surface area contributed by atoms with Crippen LogP contribution in [0.1, 0.15) is 34.7 Å². The van der Waals surface area contributed by atoms with Crippen LogP contribution in [0.25, 0.3) is 21.2 Å². The third-order valence-corrected chi connectivity index (χ3v) is 7.15. The van der Waals surface area contributed by atoms with Gasteiger partial charge in [-0.3, -0.25) is 9.59 Å². The highest BCUT2D eigenvalue weighted by molar-refractivity contribution is 8.09. The maximum Gasteiger partial charge on any atom is 0.313 e. The fraction of sp³-hybridized carbons (Fsp3) is 0.278. The van der Waals surface area contributed by atoms with Crippen molar-refractivity contribution in [1.82, 2.24) is 9.97 Å². The molecule has 1 aliphatic carbocycles. The average molecular weight is 405 g/mol. The van der Waals surface area contributed by atoms with Gasteiger partial charge in [-0.15, -0.1) is 23.1 Å². The van der Waals surface area contributed by atoms with Gasteiger partial charge in [0.1, 0.15) is 10.7 Å². The fourth-order valence-electron chi connectivity index (χ4n) is 3.11. The number of carboxylic acids is 1. The minimum Gasteiger partial charge on any atom is -0.481 e. The van der Waals surface area contributed by atoms with Crippen LogP contribution in [-0.2, 0) is 17.6 Å². The molecule has 134 valence electrons. The number of nitrogens with one attached hydrogen (secondary N) is 1. The van der Waals surface area contributed by atoms with Crippen molar-refractivity contribution in [3.05, 3.63) is 49.0 Å². The monoisotopic (exact) mass is 404 g/mol. The number of thiophene rings is 2. The van der Waals surface area contributed by atoms with E-state index in [0.717, 1.165) is 41.6 Å². The predicted molar refractivity (Wildman–Crippen MR) is 109 cm³/mol. The Morgan fingerprint density at radius 2 is 2.23 bits per heavy atom. The lowest BCUT2D eigenvalue weighted by Gasteiger charge is -2.09. The van der Waals surface area contributed by atoms with Gasteiger partial charge in [0.15, 0.2) is 0 Å². The molecule has 5 nitrogen and oxygen atoms in total. The zero-order valence-corrected chi connectivity index (χ0v) is 16.2. The van der Waals surface area contributed by atoms with E-state index in [1.165, 1.54) is 16.6 Å². The van der Waals surface area contributed by atoms with Gasteiger partial charge in [0.25, 0.3) is 5.56 Å². The van der Waals surface area contributed by atoms with Crippen LogP contribution < -0.4 is 5.56 Å². The number of aromatic amines is 1. The van der Waals surface area contributed by atoms with Crippen molar-refractivity contribution in [1.29, 1.82) is 0 Å². The molecule has 0 amide bonds. The molecule has 0 fully saturated rings. The normalized spacial score (nSPS) is 14.5. The zero-order chi connectivity index (χ0) is 18.1. The third kappa shape index (κ3) is 3.49. The molecule has 0 atom stereocenters. The van der Waals surface area contributed by atoms with Gasteiger partial charge in [-0.2, -0.15) is 11.3 Å². The lowest BCUT2D eigenvalue weighted by Crippen LogP contribution is -2.12. The van der Waals surface area contributed by atoms with Crippen molar-refractivity contribution in [2.75, 3.05) is 5.75 Å². The molecule has 0 aromatic carbocycles. The summed E-state index contributed by atoms with van der Waals surface area (Å²) in [6, 6.07) is 1.95. The number of aryl methyl sites for hydroxylation is 2. The minimum atomic E-state index is -0.902. The van der Waals surface area contributed by atoms with Crippen LogP contribution in [0.4, 0.5) is 0 Å². The molecule has 0 saturated carbocycles. The van der Waals surface area contributed by atoms with Crippen molar-refractivity contribution in [2.24, 2.45) is 0 Å². The lowest BCUT2D eigenvalue weighted by atomic mass is 9.97. The number of carbonyl (C=O) groups is 1. The van der Waals surface area contributed by atoms with E-state index in [1.54, 1.807) is 22.7 Å². The smallest absolute Gasteiger partial charge is 0.313 e. The number of aromatic nitrogens is 2. The van der Waals surface area contributed by atoms with Gasteiger partial charge in [-0.25, -0.2) is 4.98 Å². The summed E-state index contributed by atoms with van der Waals surface area (Å²) in [5.74, 6) is -0.543. The van der Waals surface area contributed by atoms with E-state index < -0.39 is 5.97 Å². The van der Waals surface area contributed by atoms with Crippen LogP contribution >= 0.6 is 34.4 Å². The van der Waals surface area contributed by atoms with Gasteiger partial charge < -0.3 is 10.1 Å². The first-order chi connectivity index (χ1) is 12.6. The molecular weight excluding hydrogens is 388 g/mol. The van der Waals surface area contributed by atoms with Crippen molar-refractivity contribution >= 4 is 61.6 Å². The highest BCUT2D eigenvalue weighted by Gasteiger charge is 2.20. The van der Waals surface area contributed by atoms with E-state index in [4.69, 9.17) is 5.11 Å². The highest BCUT2D eigenvalue weighted by Crippen LogP contribution is 2.35. The second kappa shape index (κ2) is 7.38. The molecule has 3 heterocycles. The first-order valence-electron chi connectivity index (χ1n) is 8.25. The van der Waals surface area contributed by atoms with E-state index in [9.17, 15) is 9.59 Å². The number of hydrogen-bond acceptors (Lipinski definition) is 6. The van der Waals surface area contributed by atoms with Crippen molar-refractivity contribution in [2.45, 2.75) is 25.7 Å². The van der Waals surface area contributed by atoms with E-state index in [-0.39, 0.29) is 11.3 Å². The van der Waals surface area contributed by atoms with Crippen LogP contribution in [0.2, 0.25) is 0 Å². The molecule has 3 aromatic rings. The molecule has 1 aliphatic rings. The molecule has 0 bridgehead atoms. The van der Waals surface area contributed by atoms with E-state index in [2.05, 4.69) is 9.97 Å². The number of aliphatic carboxylic acids is 1. The van der Waals surface area contributed by atoms with Crippen molar-refractivity contribution < 1.29 is 9.90 Å². The third-order valence-electron chi connectivity index (χ3n) is 4.25. The Hall–Kier alpha value is -1.90. The van der Waals surface area contributed by atoms with E-state index >= 15 is 0 Å². The Bertz CT molecular complexity index is 1050. The van der Waals surface area contributed by atoms with Gasteiger partial charge >= 0.3 is 5.97 Å². The number of carboxylic acid groups (broad SMARTS) is 1. The predicted octanol–water partition coefficient (Wildman–Crippen LogP) is 4.24. The van der Waals surface area contributed by atoms with Gasteiger partial charge in [0, 0.05) is 4.88 Å². The molecule has 2 N–H and O–H groups in total. The quantitative estimate of drug-likeness (QED) is 0.664. The topological polar surface area (TPSA) is 83.0 Å². The Kier molecular flexibility index (Phi) is 4.97. The molecule has 0 radical (unpaired) electrons. The van der Waals surface area contributed by atoms with Gasteiger partial charge in [-0.05, 0) is 59.7 Å². The van der Waals surface area contributed by atoms with Crippen LogP contribution in [0.5, 0.6) is 0 Å². The first-order valence-corrected chi connectivity index (χ1v) is 11.0. The molecule has 0 spiro atoms. The fourth-order valence-corrected chi connectivity index (χ4v) is 5.72. The Labute approximate surface area is 161 Å². The summed E-state index contributed by atoms with van der Waals surface area (Å²) in [5.41, 5.74) is 1.99. The summed E-state index contributed by atoms with van der Waals surface area (Å²) >= 11 is 4.33. The maximum atomic E-state index is 12.7. The molecule has 8 heteroatoms. The summed E-state index contributed by atoms with van der Waals surface area (Å²) in [4.78, 5) is 34.0. The van der Waals surface area contributed by atoms with Crippen LogP contribution in [-0.4, -0.2) is 26.8 Å². The van der Waals surface area contributed by atoms with Gasteiger partial charge in [-0.1, -0.05) is 0 Å². The van der Waals surface area contributed by atoms with Gasteiger partial charge in [0.2, 0.25) is 0 Å². The number of fused-ring (bicyclic) bond motifs is 3. The minimum absolute atomic E-state index is 0.0847. The molecule has 3 aromatic heterocycles. The number of nitrogens with zero attached hydrogens (tertiary/aromatic N) is 1. The summed E-state index contributed by atoms with van der Waals surface area (Å²) in [6.45, 7) is 0. The average Bonchev–Trinajstić information content (AvgIpc) is 3.25. The number of rotatable bonds is 5. The number of H-pyrrole nitrogens is 1. The van der Waals surface area contributed by atoms with E-state index in [0.29, 0.717) is 16.1 Å². The van der Waals surface area contributed by atoms with Crippen LogP contribution in [0.15, 0.2) is 21.6 Å². The second-order valence-corrected chi connectivity index (χ2v) is 8.93. The summed E-state index contributed by atoms with van der Waals surface area (Å²) in [5, 5.41) is 13.7. The molecule has 4 rings (SSSR count). The van der Waals surface area contributed by atoms with E-state index in [1.807, 2.05) is 22.9 Å². The molecule has 0 unspecified atom stereocenters. The standard InChI is InChI=1S/C18H16N2O3S3/c21-14(22)9-25-13(7-10-5-6-24-8-10)16-19-17(23)15-11-3-1-2-4-12(11)26-18(15)20-16/h5-8H,1-4,9H2,(H,21,22)(H,19,20,23)/b13-7-. The SMILES string of the molecule is O=C(O)CS/C(=C\c1ccsc1)c1nc2sc3c(c2c(=O)[nH]1)CCCC3. The number of hydrogen-bond donors (Lipinski definition) is 2. The Morgan fingerprint density at radius 1 is 1.38 bits per heavy atom. The Morgan fingerprint density at radius 3 is 3.00 bits per heavy atom. The molecule has 0 aliphatic heterocycles. The van der Waals surface area contributed by atoms with Crippen LogP contribution in [0, 0.1) is 0 Å². The largest absolute Gasteiger partial charge is 0.481 e. The summed E-state index contributed by atoms with van der Waals surface area (Å²) in [6.07, 6.45) is 6.09. The number of thioether (sulfide) groups is 1. The van der Waals surface area contributed by atoms with Crippen LogP contribution in [0.3, 0.4) is 0 Å². The Balaban J connectivity index is 1.81. The lowest BCUT2D eigenvalue weighted by molar-refractivity contribution is -0.133.